The molecule has 0 spiro atoms. The first-order valence-electron chi connectivity index (χ1n) is 10.2. The van der Waals surface area contributed by atoms with Crippen LogP contribution in [0.5, 0.6) is 0 Å². The number of likely N-dealkylation sites (tertiary alicyclic amines) is 1. The highest BCUT2D eigenvalue weighted by Gasteiger charge is 2.37. The van der Waals surface area contributed by atoms with Gasteiger partial charge in [0.1, 0.15) is 25.2 Å². The minimum absolute atomic E-state index is 0.128. The van der Waals surface area contributed by atoms with Gasteiger partial charge in [-0.05, 0) is 37.8 Å². The number of ether oxygens (including phenoxy) is 1. The number of amides is 3. The van der Waals surface area contributed by atoms with E-state index < -0.39 is 24.0 Å². The number of nitrogens with zero attached hydrogens (tertiary/aromatic N) is 1. The lowest BCUT2D eigenvalue weighted by Gasteiger charge is -2.28. The van der Waals surface area contributed by atoms with Crippen molar-refractivity contribution in [1.82, 2.24) is 15.5 Å². The van der Waals surface area contributed by atoms with E-state index in [1.165, 1.54) is 11.8 Å². The fraction of sp³-hybridized carbons (Fsp3) is 0.524. The molecule has 164 valence electrons. The Balaban J connectivity index is 1.86. The maximum absolute atomic E-state index is 12.9. The van der Waals surface area contributed by atoms with Gasteiger partial charge in [0, 0.05) is 13.5 Å². The van der Waals surface area contributed by atoms with Crippen molar-refractivity contribution in [3.63, 3.8) is 0 Å². The molecule has 9 heteroatoms. The third kappa shape index (κ3) is 7.14. The smallest absolute Gasteiger partial charge is 0.325 e. The molecule has 0 radical (unpaired) electrons. The lowest BCUT2D eigenvalue weighted by atomic mass is 10.1. The van der Waals surface area contributed by atoms with Crippen LogP contribution < -0.4 is 16.4 Å². The molecule has 1 saturated heterocycles. The summed E-state index contributed by atoms with van der Waals surface area (Å²) in [5.74, 6) is -1.57. The summed E-state index contributed by atoms with van der Waals surface area (Å²) in [6, 6.07) is 7.85. The summed E-state index contributed by atoms with van der Waals surface area (Å²) in [4.78, 5) is 50.3. The largest absolute Gasteiger partial charge is 0.460 e. The second-order valence-electron chi connectivity index (χ2n) is 7.24. The average molecular weight is 418 g/mol. The predicted octanol–water partition coefficient (Wildman–Crippen LogP) is 0.0806. The number of nitrogens with two attached hydrogens (primary N) is 1. The van der Waals surface area contributed by atoms with E-state index in [1.54, 1.807) is 0 Å². The molecular formula is C21H30N4O5. The van der Waals surface area contributed by atoms with Gasteiger partial charge in [0.05, 0.1) is 0 Å². The van der Waals surface area contributed by atoms with E-state index in [2.05, 4.69) is 10.6 Å². The van der Waals surface area contributed by atoms with Crippen molar-refractivity contribution in [2.45, 2.75) is 51.3 Å². The van der Waals surface area contributed by atoms with E-state index in [4.69, 9.17) is 10.5 Å². The summed E-state index contributed by atoms with van der Waals surface area (Å²) in [5, 5.41) is 5.20. The number of hydrogen-bond donors (Lipinski definition) is 3. The molecule has 1 aliphatic heterocycles. The first-order valence-corrected chi connectivity index (χ1v) is 10.2. The number of benzene rings is 1. The normalized spacial score (nSPS) is 16.6. The van der Waals surface area contributed by atoms with Crippen molar-refractivity contribution >= 4 is 23.7 Å². The van der Waals surface area contributed by atoms with Crippen molar-refractivity contribution in [2.75, 3.05) is 19.6 Å². The maximum atomic E-state index is 12.9. The minimum atomic E-state index is -0.713. The molecule has 4 N–H and O–H groups in total. The van der Waals surface area contributed by atoms with E-state index in [1.807, 2.05) is 30.3 Å². The van der Waals surface area contributed by atoms with Crippen LogP contribution in [-0.4, -0.2) is 60.3 Å². The molecule has 9 nitrogen and oxygen atoms in total. The fourth-order valence-corrected chi connectivity index (χ4v) is 3.39. The molecule has 0 bridgehead atoms. The van der Waals surface area contributed by atoms with Crippen LogP contribution in [-0.2, 0) is 30.5 Å². The topological polar surface area (TPSA) is 131 Å². The summed E-state index contributed by atoms with van der Waals surface area (Å²) in [6.45, 7) is 2.03. The number of nitrogens with one attached hydrogen (secondary N) is 2. The molecule has 1 heterocycles. The molecule has 1 aliphatic rings. The highest BCUT2D eigenvalue weighted by atomic mass is 16.5. The summed E-state index contributed by atoms with van der Waals surface area (Å²) in [6.07, 6.45) is 2.16. The lowest BCUT2D eigenvalue weighted by molar-refractivity contribution is -0.146. The molecule has 0 aliphatic carbocycles. The molecule has 1 fully saturated rings. The van der Waals surface area contributed by atoms with Gasteiger partial charge in [0.25, 0.3) is 0 Å². The zero-order valence-corrected chi connectivity index (χ0v) is 17.3. The molecule has 0 unspecified atom stereocenters. The SMILES string of the molecule is CC(=O)N[C@@H](CCCN)C(=O)N1CCC[C@H]1C(=O)NCC(=O)OCc1ccccc1. The Morgan fingerprint density at radius 3 is 2.63 bits per heavy atom. The second-order valence-corrected chi connectivity index (χ2v) is 7.24. The van der Waals surface area contributed by atoms with Gasteiger partial charge in [-0.3, -0.25) is 19.2 Å². The van der Waals surface area contributed by atoms with Crippen LogP contribution in [0, 0.1) is 0 Å². The first kappa shape index (κ1) is 23.3. The quantitative estimate of drug-likeness (QED) is 0.461. The highest BCUT2D eigenvalue weighted by Crippen LogP contribution is 2.19. The monoisotopic (exact) mass is 418 g/mol. The van der Waals surface area contributed by atoms with Crippen molar-refractivity contribution in [3.8, 4) is 0 Å². The molecule has 1 aromatic carbocycles. The zero-order valence-electron chi connectivity index (χ0n) is 17.3. The van der Waals surface area contributed by atoms with Gasteiger partial charge in [-0.15, -0.1) is 0 Å². The zero-order chi connectivity index (χ0) is 21.9. The van der Waals surface area contributed by atoms with E-state index in [9.17, 15) is 19.2 Å². The van der Waals surface area contributed by atoms with E-state index in [-0.39, 0.29) is 25.0 Å². The minimum Gasteiger partial charge on any atom is -0.460 e. The summed E-state index contributed by atoms with van der Waals surface area (Å²) in [5.41, 5.74) is 6.37. The Hall–Kier alpha value is -2.94. The summed E-state index contributed by atoms with van der Waals surface area (Å²) >= 11 is 0. The molecular weight excluding hydrogens is 388 g/mol. The Morgan fingerprint density at radius 2 is 1.97 bits per heavy atom. The first-order chi connectivity index (χ1) is 14.4. The van der Waals surface area contributed by atoms with Crippen molar-refractivity contribution in [3.05, 3.63) is 35.9 Å². The van der Waals surface area contributed by atoms with Gasteiger partial charge in [0.2, 0.25) is 17.7 Å². The van der Waals surface area contributed by atoms with Crippen LogP contribution in [0.2, 0.25) is 0 Å². The van der Waals surface area contributed by atoms with Crippen LogP contribution in [0.3, 0.4) is 0 Å². The number of carbonyl (C=O) groups is 4. The highest BCUT2D eigenvalue weighted by molar-refractivity contribution is 5.93. The number of hydrogen-bond acceptors (Lipinski definition) is 6. The van der Waals surface area contributed by atoms with Gasteiger partial charge in [-0.25, -0.2) is 0 Å². The van der Waals surface area contributed by atoms with Crippen molar-refractivity contribution < 1.29 is 23.9 Å². The molecule has 3 amide bonds. The Labute approximate surface area is 176 Å². The van der Waals surface area contributed by atoms with Crippen LogP contribution in [0.4, 0.5) is 0 Å². The van der Waals surface area contributed by atoms with Gasteiger partial charge >= 0.3 is 5.97 Å². The van der Waals surface area contributed by atoms with Crippen LogP contribution in [0.25, 0.3) is 0 Å². The van der Waals surface area contributed by atoms with Crippen LogP contribution in [0.15, 0.2) is 30.3 Å². The Morgan fingerprint density at radius 1 is 1.23 bits per heavy atom. The third-order valence-corrected chi connectivity index (χ3v) is 4.86. The number of carbonyl (C=O) groups excluding carboxylic acids is 4. The fourth-order valence-electron chi connectivity index (χ4n) is 3.39. The molecule has 1 aromatic rings. The van der Waals surface area contributed by atoms with Gasteiger partial charge in [-0.2, -0.15) is 0 Å². The van der Waals surface area contributed by atoms with Gasteiger partial charge in [0.15, 0.2) is 0 Å². The van der Waals surface area contributed by atoms with Gasteiger partial charge in [-0.1, -0.05) is 30.3 Å². The van der Waals surface area contributed by atoms with E-state index in [0.29, 0.717) is 38.8 Å². The van der Waals surface area contributed by atoms with E-state index >= 15 is 0 Å². The van der Waals surface area contributed by atoms with E-state index in [0.717, 1.165) is 5.56 Å². The Bertz CT molecular complexity index is 740. The van der Waals surface area contributed by atoms with Crippen molar-refractivity contribution in [1.29, 1.82) is 0 Å². The summed E-state index contributed by atoms with van der Waals surface area (Å²) in [7, 11) is 0. The second kappa shape index (κ2) is 11.9. The summed E-state index contributed by atoms with van der Waals surface area (Å²) < 4.78 is 5.15. The number of rotatable bonds is 10. The lowest BCUT2D eigenvalue weighted by Crippen LogP contribution is -2.53. The predicted molar refractivity (Wildman–Crippen MR) is 110 cm³/mol. The molecule has 2 rings (SSSR count). The molecule has 0 aromatic heterocycles. The van der Waals surface area contributed by atoms with Crippen molar-refractivity contribution in [2.24, 2.45) is 5.73 Å². The molecule has 30 heavy (non-hydrogen) atoms. The van der Waals surface area contributed by atoms with Crippen LogP contribution >= 0.6 is 0 Å². The van der Waals surface area contributed by atoms with Gasteiger partial charge < -0.3 is 26.0 Å². The molecule has 2 atom stereocenters. The third-order valence-electron chi connectivity index (χ3n) is 4.86. The number of esters is 1. The van der Waals surface area contributed by atoms with Crippen LogP contribution in [0.1, 0.15) is 38.2 Å². The Kier molecular flexibility index (Phi) is 9.27. The molecule has 0 saturated carbocycles. The maximum Gasteiger partial charge on any atom is 0.325 e. The standard InChI is InChI=1S/C21H30N4O5/c1-15(26)24-17(9-5-11-22)21(29)25-12-6-10-18(25)20(28)23-13-19(27)30-14-16-7-3-2-4-8-16/h2-4,7-8,17-18H,5-6,9-14,22H2,1H3,(H,23,28)(H,24,26)/t17-,18-/m0/s1. The average Bonchev–Trinajstić information content (AvgIpc) is 3.23.